The molecule has 0 radical (unpaired) electrons. The standard InChI is InChI=1S/C26H21F5N4O/c27-14-25(12-22(26(29,30)31)36-24(32)35-25)19-10-16(5-6-20(19)28)11-21-23-18(7-8-33-21)9-17(13-34-23)4-3-15-1-2-15/h5-10,13,15,22H,1-2,11-12,14H2,(H2,32,35)/t22-,25+/m0/s1. The van der Waals surface area contributed by atoms with Crippen molar-refractivity contribution in [3.8, 4) is 11.8 Å². The molecule has 5 rings (SSSR count). The molecular formula is C26H21F5N4O. The fraction of sp³-hybridized carbons (Fsp3) is 0.346. The lowest BCUT2D eigenvalue weighted by atomic mass is 9.83. The largest absolute Gasteiger partial charge is 0.452 e. The molecule has 1 aromatic carbocycles. The molecule has 2 atom stereocenters. The van der Waals surface area contributed by atoms with E-state index in [2.05, 4.69) is 31.5 Å². The number of benzene rings is 1. The van der Waals surface area contributed by atoms with Crippen LogP contribution in [0.25, 0.3) is 10.9 Å². The van der Waals surface area contributed by atoms with Crippen LogP contribution in [0.2, 0.25) is 0 Å². The number of ether oxygens (including phenoxy) is 1. The summed E-state index contributed by atoms with van der Waals surface area (Å²) in [6.45, 7) is -1.39. The zero-order valence-electron chi connectivity index (χ0n) is 18.9. The number of aliphatic imine (C=N–C) groups is 1. The number of pyridine rings is 2. The molecule has 2 N–H and O–H groups in total. The molecule has 5 nitrogen and oxygen atoms in total. The van der Waals surface area contributed by atoms with Gasteiger partial charge in [-0.25, -0.2) is 13.8 Å². The van der Waals surface area contributed by atoms with Crippen LogP contribution >= 0.6 is 0 Å². The van der Waals surface area contributed by atoms with Crippen molar-refractivity contribution in [3.05, 3.63) is 70.9 Å². The second-order valence-electron chi connectivity index (χ2n) is 9.06. The molecule has 2 aliphatic rings. The van der Waals surface area contributed by atoms with Crippen LogP contribution in [0.3, 0.4) is 0 Å². The second kappa shape index (κ2) is 9.04. The minimum Gasteiger partial charge on any atom is -0.452 e. The van der Waals surface area contributed by atoms with Crippen LogP contribution in [0.1, 0.15) is 41.6 Å². The number of nitrogens with zero attached hydrogens (tertiary/aromatic N) is 3. The van der Waals surface area contributed by atoms with E-state index in [0.717, 1.165) is 29.9 Å². The van der Waals surface area contributed by atoms with Crippen LogP contribution in [-0.4, -0.2) is 34.9 Å². The van der Waals surface area contributed by atoms with Gasteiger partial charge in [-0.05, 0) is 42.7 Å². The Morgan fingerprint density at radius 3 is 2.67 bits per heavy atom. The number of hydrogen-bond donors (Lipinski definition) is 1. The van der Waals surface area contributed by atoms with E-state index in [1.54, 1.807) is 18.5 Å². The lowest BCUT2D eigenvalue weighted by Crippen LogP contribution is -2.48. The van der Waals surface area contributed by atoms with Crippen LogP contribution in [0.4, 0.5) is 22.0 Å². The predicted octanol–water partition coefficient (Wildman–Crippen LogP) is 4.95. The van der Waals surface area contributed by atoms with Crippen molar-refractivity contribution in [3.63, 3.8) is 0 Å². The molecule has 3 heterocycles. The summed E-state index contributed by atoms with van der Waals surface area (Å²) in [4.78, 5) is 12.7. The molecule has 0 spiro atoms. The molecule has 3 aromatic rings. The van der Waals surface area contributed by atoms with Gasteiger partial charge in [-0.1, -0.05) is 17.9 Å². The van der Waals surface area contributed by atoms with Crippen LogP contribution in [0.5, 0.6) is 0 Å². The second-order valence-corrected chi connectivity index (χ2v) is 9.06. The van der Waals surface area contributed by atoms with Crippen molar-refractivity contribution < 1.29 is 26.7 Å². The molecule has 0 saturated heterocycles. The fourth-order valence-electron chi connectivity index (χ4n) is 4.25. The maximum Gasteiger partial charge on any atom is 0.425 e. The average molecular weight is 500 g/mol. The van der Waals surface area contributed by atoms with Gasteiger partial charge in [0.25, 0.3) is 6.02 Å². The van der Waals surface area contributed by atoms with Crippen LogP contribution < -0.4 is 5.73 Å². The smallest absolute Gasteiger partial charge is 0.425 e. The van der Waals surface area contributed by atoms with E-state index >= 15 is 0 Å². The predicted molar refractivity (Wildman–Crippen MR) is 123 cm³/mol. The number of fused-ring (bicyclic) bond motifs is 1. The van der Waals surface area contributed by atoms with E-state index in [1.807, 2.05) is 6.07 Å². The van der Waals surface area contributed by atoms with E-state index in [4.69, 9.17) is 5.73 Å². The molecule has 10 heteroatoms. The highest BCUT2D eigenvalue weighted by molar-refractivity contribution is 5.81. The molecule has 1 saturated carbocycles. The topological polar surface area (TPSA) is 73.4 Å². The molecule has 186 valence electrons. The summed E-state index contributed by atoms with van der Waals surface area (Å²) >= 11 is 0. The first-order chi connectivity index (χ1) is 17.2. The first-order valence-corrected chi connectivity index (χ1v) is 11.4. The van der Waals surface area contributed by atoms with E-state index in [0.29, 0.717) is 22.7 Å². The van der Waals surface area contributed by atoms with Gasteiger partial charge in [-0.15, -0.1) is 0 Å². The molecule has 0 unspecified atom stereocenters. The zero-order chi connectivity index (χ0) is 25.5. The number of aromatic nitrogens is 2. The average Bonchev–Trinajstić information content (AvgIpc) is 3.67. The fourth-order valence-corrected chi connectivity index (χ4v) is 4.25. The van der Waals surface area contributed by atoms with E-state index in [-0.39, 0.29) is 12.0 Å². The summed E-state index contributed by atoms with van der Waals surface area (Å²) in [5, 5.41) is 0.819. The van der Waals surface area contributed by atoms with Gasteiger partial charge in [0, 0.05) is 47.7 Å². The normalized spacial score (nSPS) is 21.9. The summed E-state index contributed by atoms with van der Waals surface area (Å²) in [5.74, 6) is 5.88. The Hall–Kier alpha value is -3.74. The van der Waals surface area contributed by atoms with Gasteiger partial charge < -0.3 is 10.5 Å². The number of hydrogen-bond acceptors (Lipinski definition) is 5. The molecule has 2 aromatic heterocycles. The monoisotopic (exact) mass is 500 g/mol. The summed E-state index contributed by atoms with van der Waals surface area (Å²) in [5.41, 5.74) is 5.44. The van der Waals surface area contributed by atoms with Gasteiger partial charge in [0.2, 0.25) is 0 Å². The van der Waals surface area contributed by atoms with Gasteiger partial charge in [-0.3, -0.25) is 9.97 Å². The third-order valence-corrected chi connectivity index (χ3v) is 6.27. The van der Waals surface area contributed by atoms with Crippen LogP contribution in [0.15, 0.2) is 47.7 Å². The van der Waals surface area contributed by atoms with Crippen molar-refractivity contribution in [2.24, 2.45) is 16.6 Å². The first kappa shape index (κ1) is 24.0. The van der Waals surface area contributed by atoms with Crippen molar-refractivity contribution in [2.45, 2.75) is 43.5 Å². The summed E-state index contributed by atoms with van der Waals surface area (Å²) in [6, 6.07) is 6.73. The van der Waals surface area contributed by atoms with Gasteiger partial charge in [0.1, 0.15) is 18.0 Å². The first-order valence-electron chi connectivity index (χ1n) is 11.4. The highest BCUT2D eigenvalue weighted by Crippen LogP contribution is 2.42. The Morgan fingerprint density at radius 2 is 1.94 bits per heavy atom. The summed E-state index contributed by atoms with van der Waals surface area (Å²) in [6.07, 6.45) is -2.47. The highest BCUT2D eigenvalue weighted by Gasteiger charge is 2.52. The molecule has 36 heavy (non-hydrogen) atoms. The van der Waals surface area contributed by atoms with Gasteiger partial charge >= 0.3 is 6.18 Å². The number of rotatable bonds is 4. The Kier molecular flexibility index (Phi) is 6.02. The zero-order valence-corrected chi connectivity index (χ0v) is 18.9. The molecule has 0 amide bonds. The highest BCUT2D eigenvalue weighted by atomic mass is 19.4. The summed E-state index contributed by atoms with van der Waals surface area (Å²) in [7, 11) is 0. The lowest BCUT2D eigenvalue weighted by Gasteiger charge is -2.36. The number of nitrogens with two attached hydrogens (primary N) is 1. The molecule has 1 aliphatic carbocycles. The summed E-state index contributed by atoms with van der Waals surface area (Å²) < 4.78 is 73.8. The SMILES string of the molecule is NC1=N[C@](CF)(c2cc(Cc3nccc4cc(C#CC5CC5)cnc34)ccc2F)C[C@@H](C(F)(F)F)O1. The van der Waals surface area contributed by atoms with Crippen LogP contribution in [0, 0.1) is 23.6 Å². The Bertz CT molecular complexity index is 1410. The van der Waals surface area contributed by atoms with Gasteiger partial charge in [0.15, 0.2) is 6.10 Å². The minimum atomic E-state index is -4.82. The Morgan fingerprint density at radius 1 is 1.14 bits per heavy atom. The van der Waals surface area contributed by atoms with E-state index in [9.17, 15) is 22.0 Å². The third-order valence-electron chi connectivity index (χ3n) is 6.27. The number of alkyl halides is 4. The molecule has 0 bridgehead atoms. The number of halogens is 5. The molecular weight excluding hydrogens is 479 g/mol. The minimum absolute atomic E-state index is 0.186. The van der Waals surface area contributed by atoms with E-state index in [1.165, 1.54) is 12.1 Å². The lowest BCUT2D eigenvalue weighted by molar-refractivity contribution is -0.209. The Labute approximate surface area is 203 Å². The van der Waals surface area contributed by atoms with Gasteiger partial charge in [-0.2, -0.15) is 13.2 Å². The Balaban J connectivity index is 1.49. The van der Waals surface area contributed by atoms with Gasteiger partial charge in [0.05, 0.1) is 11.2 Å². The van der Waals surface area contributed by atoms with Crippen molar-refractivity contribution in [1.82, 2.24) is 9.97 Å². The van der Waals surface area contributed by atoms with Crippen molar-refractivity contribution >= 4 is 16.9 Å². The van der Waals surface area contributed by atoms with Crippen LogP contribution in [-0.2, 0) is 16.7 Å². The number of amidine groups is 1. The third kappa shape index (κ3) is 4.83. The van der Waals surface area contributed by atoms with E-state index < -0.39 is 42.8 Å². The van der Waals surface area contributed by atoms with Crippen molar-refractivity contribution in [2.75, 3.05) is 6.67 Å². The molecule has 1 fully saturated rings. The maximum absolute atomic E-state index is 14.9. The quantitative estimate of drug-likeness (QED) is 0.406. The molecule has 1 aliphatic heterocycles. The maximum atomic E-state index is 14.9. The van der Waals surface area contributed by atoms with Crippen molar-refractivity contribution in [1.29, 1.82) is 0 Å².